The van der Waals surface area contributed by atoms with Crippen LogP contribution in [-0.4, -0.2) is 41.8 Å². The second-order valence-corrected chi connectivity index (χ2v) is 7.07. The molecule has 2 spiro atoms. The minimum atomic E-state index is -0.423. The molecule has 2 aliphatic heterocycles. The van der Waals surface area contributed by atoms with Crippen LogP contribution in [0.1, 0.15) is 57.8 Å². The first kappa shape index (κ1) is 13.7. The minimum absolute atomic E-state index is 0.0520. The minimum Gasteiger partial charge on any atom is -0.348 e. The van der Waals surface area contributed by atoms with E-state index < -0.39 is 5.79 Å². The van der Waals surface area contributed by atoms with Gasteiger partial charge in [0.15, 0.2) is 5.79 Å². The fraction of sp³-hybridized carbons (Fsp3) is 0.875. The molecular weight excluding hydrogens is 270 g/mol. The average Bonchev–Trinajstić information content (AvgIpc) is 3.17. The highest BCUT2D eigenvalue weighted by Crippen LogP contribution is 2.49. The predicted molar refractivity (Wildman–Crippen MR) is 74.3 cm³/mol. The van der Waals surface area contributed by atoms with E-state index in [0.29, 0.717) is 19.6 Å². The summed E-state index contributed by atoms with van der Waals surface area (Å²) in [6.45, 7) is 1.32. The number of ether oxygens (including phenoxy) is 2. The van der Waals surface area contributed by atoms with E-state index in [-0.39, 0.29) is 23.3 Å². The molecule has 2 aliphatic carbocycles. The summed E-state index contributed by atoms with van der Waals surface area (Å²) < 4.78 is 11.5. The smallest absolute Gasteiger partial charge is 0.236 e. The zero-order chi connectivity index (χ0) is 14.5. The third-order valence-electron chi connectivity index (χ3n) is 5.89. The normalized spacial score (nSPS) is 31.9. The van der Waals surface area contributed by atoms with Gasteiger partial charge in [-0.15, -0.1) is 0 Å². The van der Waals surface area contributed by atoms with E-state index in [0.717, 1.165) is 51.4 Å². The predicted octanol–water partition coefficient (Wildman–Crippen LogP) is 1.99. The monoisotopic (exact) mass is 293 g/mol. The highest BCUT2D eigenvalue weighted by molar-refractivity contribution is 6.06. The number of nitrogens with zero attached hydrogens (tertiary/aromatic N) is 1. The Labute approximate surface area is 125 Å². The van der Waals surface area contributed by atoms with Gasteiger partial charge in [-0.05, 0) is 25.7 Å². The Balaban J connectivity index is 1.47. The molecule has 0 aromatic rings. The lowest BCUT2D eigenvalue weighted by Crippen LogP contribution is -2.47. The highest BCUT2D eigenvalue weighted by atomic mass is 16.7. The number of carbonyl (C=O) groups excluding carboxylic acids is 2. The second kappa shape index (κ2) is 4.78. The Hall–Kier alpha value is -0.940. The number of likely N-dealkylation sites (tertiary alicyclic amines) is 1. The van der Waals surface area contributed by atoms with Crippen molar-refractivity contribution in [2.45, 2.75) is 69.6 Å². The molecule has 4 fully saturated rings. The van der Waals surface area contributed by atoms with Crippen molar-refractivity contribution in [1.82, 2.24) is 4.90 Å². The fourth-order valence-corrected chi connectivity index (χ4v) is 4.72. The lowest BCUT2D eigenvalue weighted by molar-refractivity contribution is -0.186. The maximum Gasteiger partial charge on any atom is 0.236 e. The van der Waals surface area contributed by atoms with E-state index in [1.807, 2.05) is 0 Å². The van der Waals surface area contributed by atoms with Crippen LogP contribution < -0.4 is 0 Å². The van der Waals surface area contributed by atoms with Gasteiger partial charge in [0, 0.05) is 25.3 Å². The molecule has 2 saturated heterocycles. The van der Waals surface area contributed by atoms with Crippen LogP contribution in [0.5, 0.6) is 0 Å². The summed E-state index contributed by atoms with van der Waals surface area (Å²) in [6.07, 6.45) is 7.63. The van der Waals surface area contributed by atoms with E-state index >= 15 is 0 Å². The van der Waals surface area contributed by atoms with Crippen molar-refractivity contribution in [1.29, 1.82) is 0 Å². The van der Waals surface area contributed by atoms with Crippen LogP contribution in [0.25, 0.3) is 0 Å². The lowest BCUT2D eigenvalue weighted by Gasteiger charge is -2.38. The first-order valence-corrected chi connectivity index (χ1v) is 8.29. The molecule has 4 aliphatic rings. The van der Waals surface area contributed by atoms with Crippen molar-refractivity contribution in [2.24, 2.45) is 5.41 Å². The Morgan fingerprint density at radius 1 is 0.952 bits per heavy atom. The van der Waals surface area contributed by atoms with E-state index in [9.17, 15) is 9.59 Å². The number of hydrogen-bond donors (Lipinski definition) is 0. The van der Waals surface area contributed by atoms with Gasteiger partial charge in [-0.1, -0.05) is 12.8 Å². The Morgan fingerprint density at radius 3 is 2.19 bits per heavy atom. The summed E-state index contributed by atoms with van der Waals surface area (Å²) >= 11 is 0. The molecule has 2 amide bonds. The van der Waals surface area contributed by atoms with Gasteiger partial charge in [0.2, 0.25) is 11.8 Å². The molecule has 2 heterocycles. The molecule has 0 radical (unpaired) electrons. The quantitative estimate of drug-likeness (QED) is 0.694. The summed E-state index contributed by atoms with van der Waals surface area (Å²) in [5, 5.41) is 0. The number of hydrogen-bond acceptors (Lipinski definition) is 4. The van der Waals surface area contributed by atoms with Crippen LogP contribution in [-0.2, 0) is 19.1 Å². The van der Waals surface area contributed by atoms with Crippen molar-refractivity contribution in [3.05, 3.63) is 0 Å². The van der Waals surface area contributed by atoms with Gasteiger partial charge in [0.05, 0.1) is 18.6 Å². The zero-order valence-corrected chi connectivity index (χ0v) is 12.4. The first-order chi connectivity index (χ1) is 10.1. The van der Waals surface area contributed by atoms with Crippen LogP contribution in [0.15, 0.2) is 0 Å². The average molecular weight is 293 g/mol. The number of imide groups is 1. The highest BCUT2D eigenvalue weighted by Gasteiger charge is 2.55. The van der Waals surface area contributed by atoms with Crippen molar-refractivity contribution >= 4 is 11.8 Å². The number of carbonyl (C=O) groups is 2. The van der Waals surface area contributed by atoms with Gasteiger partial charge < -0.3 is 9.47 Å². The fourth-order valence-electron chi connectivity index (χ4n) is 4.72. The summed E-state index contributed by atoms with van der Waals surface area (Å²) in [7, 11) is 0. The summed E-state index contributed by atoms with van der Waals surface area (Å²) in [4.78, 5) is 26.8. The second-order valence-electron chi connectivity index (χ2n) is 7.07. The van der Waals surface area contributed by atoms with Crippen LogP contribution in [0, 0.1) is 5.41 Å². The zero-order valence-electron chi connectivity index (χ0n) is 12.4. The van der Waals surface area contributed by atoms with Crippen LogP contribution in [0.4, 0.5) is 0 Å². The Morgan fingerprint density at radius 2 is 1.57 bits per heavy atom. The van der Waals surface area contributed by atoms with Crippen LogP contribution in [0.2, 0.25) is 0 Å². The van der Waals surface area contributed by atoms with Gasteiger partial charge in [-0.2, -0.15) is 0 Å². The maximum atomic E-state index is 12.8. The molecule has 0 atom stereocenters. The summed E-state index contributed by atoms with van der Waals surface area (Å²) in [6, 6.07) is 0.0587. The molecule has 0 aromatic carbocycles. The molecule has 5 nitrogen and oxygen atoms in total. The molecule has 0 unspecified atom stereocenters. The van der Waals surface area contributed by atoms with E-state index in [4.69, 9.17) is 9.47 Å². The summed E-state index contributed by atoms with van der Waals surface area (Å²) in [5.74, 6) is -0.261. The van der Waals surface area contributed by atoms with E-state index in [2.05, 4.69) is 0 Å². The number of rotatable bonds is 1. The summed E-state index contributed by atoms with van der Waals surface area (Å²) in [5.41, 5.74) is -0.341. The molecule has 2 saturated carbocycles. The SMILES string of the molecule is O=C1CC2(CCCC2)C(=O)N1C1CCC2(CC1)OCCO2. The van der Waals surface area contributed by atoms with Gasteiger partial charge >= 0.3 is 0 Å². The largest absolute Gasteiger partial charge is 0.348 e. The molecular formula is C16H23NO4. The van der Waals surface area contributed by atoms with Crippen LogP contribution >= 0.6 is 0 Å². The van der Waals surface area contributed by atoms with E-state index in [1.54, 1.807) is 4.90 Å². The van der Waals surface area contributed by atoms with Gasteiger partial charge in [-0.3, -0.25) is 14.5 Å². The van der Waals surface area contributed by atoms with Gasteiger partial charge in [-0.25, -0.2) is 0 Å². The van der Waals surface area contributed by atoms with Crippen molar-refractivity contribution in [2.75, 3.05) is 13.2 Å². The topological polar surface area (TPSA) is 55.8 Å². The molecule has 0 N–H and O–H groups in total. The standard InChI is InChI=1S/C16H23NO4/c18-13-11-15(5-1-2-6-15)14(19)17(13)12-3-7-16(8-4-12)20-9-10-21-16/h12H,1-11H2. The third kappa shape index (κ3) is 2.05. The Kier molecular flexibility index (Phi) is 3.12. The molecule has 21 heavy (non-hydrogen) atoms. The molecule has 116 valence electrons. The van der Waals surface area contributed by atoms with E-state index in [1.165, 1.54) is 0 Å². The van der Waals surface area contributed by atoms with Gasteiger partial charge in [0.25, 0.3) is 0 Å². The first-order valence-electron chi connectivity index (χ1n) is 8.29. The maximum absolute atomic E-state index is 12.8. The Bertz CT molecular complexity index is 453. The number of amides is 2. The molecule has 0 aromatic heterocycles. The van der Waals surface area contributed by atoms with Crippen LogP contribution in [0.3, 0.4) is 0 Å². The van der Waals surface area contributed by atoms with Crippen molar-refractivity contribution < 1.29 is 19.1 Å². The molecule has 5 heteroatoms. The van der Waals surface area contributed by atoms with Crippen molar-refractivity contribution in [3.8, 4) is 0 Å². The van der Waals surface area contributed by atoms with Crippen molar-refractivity contribution in [3.63, 3.8) is 0 Å². The third-order valence-corrected chi connectivity index (χ3v) is 5.89. The molecule has 0 bridgehead atoms. The molecule has 4 rings (SSSR count). The van der Waals surface area contributed by atoms with Gasteiger partial charge in [0.1, 0.15) is 0 Å². The lowest BCUT2D eigenvalue weighted by atomic mass is 9.84.